The fourth-order valence-electron chi connectivity index (χ4n) is 2.34. The summed E-state index contributed by atoms with van der Waals surface area (Å²) < 4.78 is 0. The van der Waals surface area contributed by atoms with Crippen LogP contribution in [0.25, 0.3) is 0 Å². The molecule has 0 radical (unpaired) electrons. The maximum atomic E-state index is 12.1. The number of rotatable bonds is 5. The van der Waals surface area contributed by atoms with Crippen molar-refractivity contribution in [1.82, 2.24) is 5.32 Å². The molecule has 3 N–H and O–H groups in total. The molecule has 0 bridgehead atoms. The summed E-state index contributed by atoms with van der Waals surface area (Å²) in [6.07, 6.45) is 4.30. The quantitative estimate of drug-likeness (QED) is 0.728. The van der Waals surface area contributed by atoms with Crippen LogP contribution in [0.1, 0.15) is 46.5 Å². The van der Waals surface area contributed by atoms with Crippen molar-refractivity contribution in [2.24, 2.45) is 17.1 Å². The molecule has 1 aliphatic rings. The van der Waals surface area contributed by atoms with E-state index < -0.39 is 0 Å². The van der Waals surface area contributed by atoms with Gasteiger partial charge in [-0.25, -0.2) is 0 Å². The predicted molar refractivity (Wildman–Crippen MR) is 62.4 cm³/mol. The highest BCUT2D eigenvalue weighted by atomic mass is 16.2. The van der Waals surface area contributed by atoms with Crippen molar-refractivity contribution in [2.75, 3.05) is 6.54 Å². The first kappa shape index (κ1) is 12.5. The Balaban J connectivity index is 2.53. The fourth-order valence-corrected chi connectivity index (χ4v) is 2.34. The predicted octanol–water partition coefficient (Wildman–Crippen LogP) is 1.67. The van der Waals surface area contributed by atoms with Gasteiger partial charge in [-0.1, -0.05) is 20.3 Å². The van der Waals surface area contributed by atoms with Crippen LogP contribution < -0.4 is 11.1 Å². The molecule has 3 heteroatoms. The number of amides is 1. The van der Waals surface area contributed by atoms with Crippen molar-refractivity contribution < 1.29 is 4.79 Å². The van der Waals surface area contributed by atoms with Gasteiger partial charge in [-0.15, -0.1) is 0 Å². The summed E-state index contributed by atoms with van der Waals surface area (Å²) in [5.74, 6) is 0.810. The summed E-state index contributed by atoms with van der Waals surface area (Å²) in [6.45, 7) is 6.84. The highest BCUT2D eigenvalue weighted by Gasteiger charge is 2.44. The summed E-state index contributed by atoms with van der Waals surface area (Å²) in [4.78, 5) is 12.1. The molecule has 3 nitrogen and oxygen atoms in total. The number of nitrogens with one attached hydrogen (secondary N) is 1. The largest absolute Gasteiger partial charge is 0.352 e. The van der Waals surface area contributed by atoms with Gasteiger partial charge in [0.25, 0.3) is 0 Å². The molecule has 88 valence electrons. The third kappa shape index (κ3) is 2.94. The van der Waals surface area contributed by atoms with E-state index in [9.17, 15) is 4.79 Å². The molecule has 1 atom stereocenters. The van der Waals surface area contributed by atoms with Crippen LogP contribution >= 0.6 is 0 Å². The Hall–Kier alpha value is -0.570. The van der Waals surface area contributed by atoms with E-state index in [2.05, 4.69) is 19.2 Å². The molecule has 15 heavy (non-hydrogen) atoms. The summed E-state index contributed by atoms with van der Waals surface area (Å²) in [5, 5.41) is 3.01. The monoisotopic (exact) mass is 212 g/mol. The molecule has 0 unspecified atom stereocenters. The van der Waals surface area contributed by atoms with E-state index in [4.69, 9.17) is 5.73 Å². The molecular formula is C12H24N2O. The normalized spacial score (nSPS) is 20.9. The molecular weight excluding hydrogens is 188 g/mol. The summed E-state index contributed by atoms with van der Waals surface area (Å²) in [6, 6.07) is 0.0992. The fraction of sp³-hybridized carbons (Fsp3) is 0.917. The first-order chi connectivity index (χ1) is 7.00. The molecule has 0 aromatic carbocycles. The van der Waals surface area contributed by atoms with Gasteiger partial charge >= 0.3 is 0 Å². The maximum Gasteiger partial charge on any atom is 0.226 e. The van der Waals surface area contributed by atoms with Crippen LogP contribution in [0, 0.1) is 11.3 Å². The van der Waals surface area contributed by atoms with E-state index in [1.807, 2.05) is 6.92 Å². The van der Waals surface area contributed by atoms with E-state index in [0.717, 1.165) is 19.3 Å². The van der Waals surface area contributed by atoms with E-state index >= 15 is 0 Å². The molecule has 1 saturated carbocycles. The van der Waals surface area contributed by atoms with Crippen molar-refractivity contribution >= 4 is 5.91 Å². The SMILES string of the molecule is CC(C)CC1(C(=O)N[C@H](C)CN)CCC1. The second kappa shape index (κ2) is 4.97. The zero-order valence-electron chi connectivity index (χ0n) is 10.2. The number of carbonyl (C=O) groups is 1. The van der Waals surface area contributed by atoms with Crippen LogP contribution in [-0.2, 0) is 4.79 Å². The Bertz CT molecular complexity index is 222. The van der Waals surface area contributed by atoms with Gasteiger partial charge in [0.1, 0.15) is 0 Å². The molecule has 0 aromatic heterocycles. The number of hydrogen-bond donors (Lipinski definition) is 2. The van der Waals surface area contributed by atoms with Crippen molar-refractivity contribution in [3.05, 3.63) is 0 Å². The topological polar surface area (TPSA) is 55.1 Å². The van der Waals surface area contributed by atoms with Crippen molar-refractivity contribution in [2.45, 2.75) is 52.5 Å². The van der Waals surface area contributed by atoms with Gasteiger partial charge in [-0.05, 0) is 32.1 Å². The number of carbonyl (C=O) groups excluding carboxylic acids is 1. The smallest absolute Gasteiger partial charge is 0.226 e. The number of hydrogen-bond acceptors (Lipinski definition) is 2. The minimum Gasteiger partial charge on any atom is -0.352 e. The molecule has 0 aromatic rings. The van der Waals surface area contributed by atoms with Crippen LogP contribution in [0.4, 0.5) is 0 Å². The standard InChI is InChI=1S/C12H24N2O/c1-9(2)7-12(5-4-6-12)11(15)14-10(3)8-13/h9-10H,4-8,13H2,1-3H3,(H,14,15)/t10-/m1/s1. The Morgan fingerprint density at radius 3 is 2.33 bits per heavy atom. The van der Waals surface area contributed by atoms with Gasteiger partial charge in [0.15, 0.2) is 0 Å². The zero-order valence-corrected chi connectivity index (χ0v) is 10.2. The lowest BCUT2D eigenvalue weighted by Gasteiger charge is -2.42. The van der Waals surface area contributed by atoms with Gasteiger partial charge in [0.2, 0.25) is 5.91 Å². The van der Waals surface area contributed by atoms with Gasteiger partial charge in [-0.3, -0.25) is 4.79 Å². The summed E-state index contributed by atoms with van der Waals surface area (Å²) in [5.41, 5.74) is 5.44. The minimum absolute atomic E-state index is 0.0718. The molecule has 1 aliphatic carbocycles. The van der Waals surface area contributed by atoms with Crippen LogP contribution in [0.15, 0.2) is 0 Å². The first-order valence-electron chi connectivity index (χ1n) is 6.01. The zero-order chi connectivity index (χ0) is 11.5. The van der Waals surface area contributed by atoms with E-state index in [0.29, 0.717) is 12.5 Å². The van der Waals surface area contributed by atoms with Gasteiger partial charge < -0.3 is 11.1 Å². The second-order valence-electron chi connectivity index (χ2n) is 5.34. The lowest BCUT2D eigenvalue weighted by molar-refractivity contribution is -0.138. The van der Waals surface area contributed by atoms with Crippen LogP contribution in [0.5, 0.6) is 0 Å². The van der Waals surface area contributed by atoms with Gasteiger partial charge in [0.05, 0.1) is 0 Å². The maximum absolute atomic E-state index is 12.1. The van der Waals surface area contributed by atoms with E-state index in [1.165, 1.54) is 6.42 Å². The third-order valence-corrected chi connectivity index (χ3v) is 3.32. The Labute approximate surface area is 92.8 Å². The average Bonchev–Trinajstić information content (AvgIpc) is 2.10. The lowest BCUT2D eigenvalue weighted by atomic mass is 9.64. The first-order valence-corrected chi connectivity index (χ1v) is 6.01. The second-order valence-corrected chi connectivity index (χ2v) is 5.34. The van der Waals surface area contributed by atoms with Crippen molar-refractivity contribution in [3.8, 4) is 0 Å². The Morgan fingerprint density at radius 1 is 1.40 bits per heavy atom. The van der Waals surface area contributed by atoms with Crippen LogP contribution in [-0.4, -0.2) is 18.5 Å². The van der Waals surface area contributed by atoms with Crippen molar-refractivity contribution in [1.29, 1.82) is 0 Å². The van der Waals surface area contributed by atoms with Gasteiger partial charge in [0, 0.05) is 18.0 Å². The lowest BCUT2D eigenvalue weighted by Crippen LogP contribution is -2.50. The molecule has 1 fully saturated rings. The summed E-state index contributed by atoms with van der Waals surface area (Å²) >= 11 is 0. The average molecular weight is 212 g/mol. The summed E-state index contributed by atoms with van der Waals surface area (Å²) in [7, 11) is 0. The van der Waals surface area contributed by atoms with Crippen LogP contribution in [0.3, 0.4) is 0 Å². The minimum atomic E-state index is -0.0718. The molecule has 1 amide bonds. The molecule has 0 heterocycles. The molecule has 1 rings (SSSR count). The Kier molecular flexibility index (Phi) is 4.14. The van der Waals surface area contributed by atoms with Gasteiger partial charge in [-0.2, -0.15) is 0 Å². The highest BCUT2D eigenvalue weighted by Crippen LogP contribution is 2.46. The number of nitrogens with two attached hydrogens (primary N) is 1. The molecule has 0 aliphatic heterocycles. The van der Waals surface area contributed by atoms with E-state index in [-0.39, 0.29) is 17.4 Å². The van der Waals surface area contributed by atoms with Crippen molar-refractivity contribution in [3.63, 3.8) is 0 Å². The third-order valence-electron chi connectivity index (χ3n) is 3.32. The molecule has 0 spiro atoms. The molecule has 0 saturated heterocycles. The van der Waals surface area contributed by atoms with E-state index in [1.54, 1.807) is 0 Å². The van der Waals surface area contributed by atoms with Crippen LogP contribution in [0.2, 0.25) is 0 Å². The Morgan fingerprint density at radius 2 is 2.00 bits per heavy atom. The highest BCUT2D eigenvalue weighted by molar-refractivity contribution is 5.83.